The summed E-state index contributed by atoms with van der Waals surface area (Å²) in [5, 5.41) is 1.06. The number of ketones is 1. The molecular formula is C16H14Cl2O2. The van der Waals surface area contributed by atoms with Crippen molar-refractivity contribution in [2.45, 2.75) is 19.8 Å². The second kappa shape index (κ2) is 6.78. The molecule has 20 heavy (non-hydrogen) atoms. The van der Waals surface area contributed by atoms with Crippen molar-refractivity contribution in [3.05, 3.63) is 58.1 Å². The van der Waals surface area contributed by atoms with Crippen molar-refractivity contribution in [1.29, 1.82) is 0 Å². The normalized spacial score (nSPS) is 10.3. The number of carbonyl (C=O) groups excluding carboxylic acids is 1. The zero-order valence-corrected chi connectivity index (χ0v) is 12.5. The third-order valence-electron chi connectivity index (χ3n) is 2.74. The zero-order valence-electron chi connectivity index (χ0n) is 11.0. The summed E-state index contributed by atoms with van der Waals surface area (Å²) >= 11 is 11.9. The van der Waals surface area contributed by atoms with E-state index in [0.717, 1.165) is 5.56 Å². The van der Waals surface area contributed by atoms with Crippen LogP contribution in [0.1, 0.15) is 18.9 Å². The topological polar surface area (TPSA) is 26.3 Å². The SMILES string of the molecule is CC(=O)CCc1cccc(Oc2cc(Cl)cc(Cl)c2)c1. The molecule has 0 spiro atoms. The number of rotatable bonds is 5. The zero-order chi connectivity index (χ0) is 14.5. The second-order valence-corrected chi connectivity index (χ2v) is 5.43. The summed E-state index contributed by atoms with van der Waals surface area (Å²) < 4.78 is 5.73. The van der Waals surface area contributed by atoms with Crippen LogP contribution in [-0.2, 0) is 11.2 Å². The molecule has 0 saturated carbocycles. The van der Waals surface area contributed by atoms with Gasteiger partial charge < -0.3 is 9.53 Å². The Bertz CT molecular complexity index is 603. The van der Waals surface area contributed by atoms with Gasteiger partial charge in [0, 0.05) is 16.5 Å². The Labute approximate surface area is 128 Å². The minimum absolute atomic E-state index is 0.179. The van der Waals surface area contributed by atoms with E-state index in [-0.39, 0.29) is 5.78 Å². The lowest BCUT2D eigenvalue weighted by Gasteiger charge is -2.08. The number of benzene rings is 2. The smallest absolute Gasteiger partial charge is 0.130 e. The molecule has 0 aliphatic rings. The Balaban J connectivity index is 2.12. The van der Waals surface area contributed by atoms with Crippen molar-refractivity contribution in [3.8, 4) is 11.5 Å². The fourth-order valence-corrected chi connectivity index (χ4v) is 2.31. The van der Waals surface area contributed by atoms with Crippen molar-refractivity contribution in [2.24, 2.45) is 0 Å². The van der Waals surface area contributed by atoms with Gasteiger partial charge in [-0.25, -0.2) is 0 Å². The van der Waals surface area contributed by atoms with Crippen molar-refractivity contribution < 1.29 is 9.53 Å². The maximum atomic E-state index is 11.0. The average Bonchev–Trinajstić information content (AvgIpc) is 2.35. The first kappa shape index (κ1) is 14.9. The van der Waals surface area contributed by atoms with Crippen LogP contribution in [0.5, 0.6) is 11.5 Å². The van der Waals surface area contributed by atoms with Crippen LogP contribution < -0.4 is 4.74 Å². The van der Waals surface area contributed by atoms with E-state index in [1.165, 1.54) is 0 Å². The summed E-state index contributed by atoms with van der Waals surface area (Å²) in [6, 6.07) is 12.7. The number of Topliss-reactive ketones (excluding diaryl/α,β-unsaturated/α-hetero) is 1. The van der Waals surface area contributed by atoms with E-state index in [1.54, 1.807) is 25.1 Å². The van der Waals surface area contributed by atoms with E-state index in [9.17, 15) is 4.79 Å². The lowest BCUT2D eigenvalue weighted by atomic mass is 10.1. The van der Waals surface area contributed by atoms with Gasteiger partial charge in [-0.15, -0.1) is 0 Å². The fraction of sp³-hybridized carbons (Fsp3) is 0.188. The number of hydrogen-bond acceptors (Lipinski definition) is 2. The highest BCUT2D eigenvalue weighted by Crippen LogP contribution is 2.28. The molecule has 2 nitrogen and oxygen atoms in total. The van der Waals surface area contributed by atoms with Crippen LogP contribution in [0.15, 0.2) is 42.5 Å². The standard InChI is InChI=1S/C16H14Cl2O2/c1-11(19)5-6-12-3-2-4-15(7-12)20-16-9-13(17)8-14(18)10-16/h2-4,7-10H,5-6H2,1H3. The third-order valence-corrected chi connectivity index (χ3v) is 3.17. The van der Waals surface area contributed by atoms with E-state index in [2.05, 4.69) is 0 Å². The first-order valence-corrected chi connectivity index (χ1v) is 7.01. The van der Waals surface area contributed by atoms with Gasteiger partial charge in [0.2, 0.25) is 0 Å². The molecule has 0 aliphatic carbocycles. The van der Waals surface area contributed by atoms with Crippen LogP contribution in [0.2, 0.25) is 10.0 Å². The molecule has 0 N–H and O–H groups in total. The molecule has 2 aromatic rings. The van der Waals surface area contributed by atoms with Gasteiger partial charge in [-0.3, -0.25) is 0 Å². The summed E-state index contributed by atoms with van der Waals surface area (Å²) in [6.07, 6.45) is 1.25. The van der Waals surface area contributed by atoms with Gasteiger partial charge in [0.15, 0.2) is 0 Å². The third kappa shape index (κ3) is 4.55. The van der Waals surface area contributed by atoms with E-state index >= 15 is 0 Å². The molecule has 4 heteroatoms. The van der Waals surface area contributed by atoms with Gasteiger partial charge in [0.1, 0.15) is 17.3 Å². The van der Waals surface area contributed by atoms with E-state index in [4.69, 9.17) is 27.9 Å². The van der Waals surface area contributed by atoms with Crippen molar-refractivity contribution in [1.82, 2.24) is 0 Å². The summed E-state index contributed by atoms with van der Waals surface area (Å²) in [5.74, 6) is 1.47. The molecule has 0 aliphatic heterocycles. The molecular weight excluding hydrogens is 295 g/mol. The lowest BCUT2D eigenvalue weighted by molar-refractivity contribution is -0.116. The summed E-state index contributed by atoms with van der Waals surface area (Å²) in [7, 11) is 0. The van der Waals surface area contributed by atoms with E-state index in [0.29, 0.717) is 34.4 Å². The molecule has 0 radical (unpaired) electrons. The van der Waals surface area contributed by atoms with Gasteiger partial charge in [0.25, 0.3) is 0 Å². The minimum Gasteiger partial charge on any atom is -0.457 e. The quantitative estimate of drug-likeness (QED) is 0.748. The van der Waals surface area contributed by atoms with Crippen LogP contribution in [-0.4, -0.2) is 5.78 Å². The fourth-order valence-electron chi connectivity index (χ4n) is 1.81. The maximum Gasteiger partial charge on any atom is 0.130 e. The lowest BCUT2D eigenvalue weighted by Crippen LogP contribution is -1.94. The van der Waals surface area contributed by atoms with Crippen LogP contribution in [0.3, 0.4) is 0 Å². The summed E-state index contributed by atoms with van der Waals surface area (Å²) in [6.45, 7) is 1.59. The van der Waals surface area contributed by atoms with E-state index in [1.807, 2.05) is 24.3 Å². The molecule has 2 rings (SSSR count). The van der Waals surface area contributed by atoms with Crippen LogP contribution in [0, 0.1) is 0 Å². The number of hydrogen-bond donors (Lipinski definition) is 0. The van der Waals surface area contributed by atoms with Crippen LogP contribution >= 0.6 is 23.2 Å². The van der Waals surface area contributed by atoms with Gasteiger partial charge in [-0.1, -0.05) is 35.3 Å². The number of carbonyl (C=O) groups is 1. The Morgan fingerprint density at radius 1 is 1.05 bits per heavy atom. The Kier molecular flexibility index (Phi) is 5.05. The molecule has 0 fully saturated rings. The number of halogens is 2. The minimum atomic E-state index is 0.179. The molecule has 104 valence electrons. The van der Waals surface area contributed by atoms with Crippen molar-refractivity contribution >= 4 is 29.0 Å². The second-order valence-electron chi connectivity index (χ2n) is 4.56. The first-order valence-electron chi connectivity index (χ1n) is 6.25. The maximum absolute atomic E-state index is 11.0. The molecule has 0 atom stereocenters. The highest BCUT2D eigenvalue weighted by atomic mass is 35.5. The highest BCUT2D eigenvalue weighted by Gasteiger charge is 2.03. The molecule has 0 aromatic heterocycles. The highest BCUT2D eigenvalue weighted by molar-refractivity contribution is 6.34. The van der Waals surface area contributed by atoms with Gasteiger partial charge >= 0.3 is 0 Å². The summed E-state index contributed by atoms with van der Waals surface area (Å²) in [5.41, 5.74) is 1.06. The molecule has 2 aromatic carbocycles. The van der Waals surface area contributed by atoms with Crippen LogP contribution in [0.25, 0.3) is 0 Å². The summed E-state index contributed by atoms with van der Waals surface area (Å²) in [4.78, 5) is 11.0. The monoisotopic (exact) mass is 308 g/mol. The van der Waals surface area contributed by atoms with Crippen molar-refractivity contribution in [2.75, 3.05) is 0 Å². The van der Waals surface area contributed by atoms with Gasteiger partial charge in [-0.2, -0.15) is 0 Å². The largest absolute Gasteiger partial charge is 0.457 e. The van der Waals surface area contributed by atoms with Crippen LogP contribution in [0.4, 0.5) is 0 Å². The van der Waals surface area contributed by atoms with Gasteiger partial charge in [-0.05, 0) is 49.2 Å². The van der Waals surface area contributed by atoms with E-state index < -0.39 is 0 Å². The van der Waals surface area contributed by atoms with Crippen molar-refractivity contribution in [3.63, 3.8) is 0 Å². The molecule has 0 heterocycles. The molecule has 0 unspecified atom stereocenters. The number of ether oxygens (including phenoxy) is 1. The van der Waals surface area contributed by atoms with Gasteiger partial charge in [0.05, 0.1) is 0 Å². The average molecular weight is 309 g/mol. The molecule has 0 saturated heterocycles. The Morgan fingerprint density at radius 3 is 2.40 bits per heavy atom. The Hall–Kier alpha value is -1.51. The Morgan fingerprint density at radius 2 is 1.75 bits per heavy atom. The number of aryl methyl sites for hydroxylation is 1. The predicted octanol–water partition coefficient (Wildman–Crippen LogP) is 5.31. The molecule has 0 amide bonds. The first-order chi connectivity index (χ1) is 9.52. The predicted molar refractivity (Wildman–Crippen MR) is 82.0 cm³/mol. The molecule has 0 bridgehead atoms.